The molecule has 0 atom stereocenters. The Morgan fingerprint density at radius 3 is 2.88 bits per heavy atom. The summed E-state index contributed by atoms with van der Waals surface area (Å²) >= 11 is 0. The van der Waals surface area contributed by atoms with Crippen LogP contribution in [0.2, 0.25) is 0 Å². The molecule has 0 radical (unpaired) electrons. The van der Waals surface area contributed by atoms with E-state index in [1.54, 1.807) is 0 Å². The first kappa shape index (κ1) is 10.9. The Morgan fingerprint density at radius 2 is 2.06 bits per heavy atom. The summed E-state index contributed by atoms with van der Waals surface area (Å²) in [6.45, 7) is 5.37. The van der Waals surface area contributed by atoms with Gasteiger partial charge in [-0.2, -0.15) is 0 Å². The van der Waals surface area contributed by atoms with Gasteiger partial charge in [0.1, 0.15) is 11.6 Å². The lowest BCUT2D eigenvalue weighted by Crippen LogP contribution is -2.35. The van der Waals surface area contributed by atoms with Crippen LogP contribution in [0.3, 0.4) is 0 Å². The third-order valence-electron chi connectivity index (χ3n) is 3.37. The van der Waals surface area contributed by atoms with Crippen LogP contribution < -0.4 is 10.6 Å². The topological polar surface area (TPSA) is 59.1 Å². The zero-order valence-electron chi connectivity index (χ0n) is 10.1. The number of piperidine rings is 1. The molecular formula is C12H18N4O. The van der Waals surface area contributed by atoms with Gasteiger partial charge < -0.3 is 15.4 Å². The maximum atomic E-state index is 5.44. The van der Waals surface area contributed by atoms with Gasteiger partial charge in [-0.15, -0.1) is 0 Å². The van der Waals surface area contributed by atoms with E-state index in [-0.39, 0.29) is 0 Å². The van der Waals surface area contributed by atoms with Gasteiger partial charge in [-0.05, 0) is 32.9 Å². The van der Waals surface area contributed by atoms with Crippen LogP contribution in [-0.2, 0) is 18.0 Å². The van der Waals surface area contributed by atoms with Crippen LogP contribution in [0.4, 0.5) is 5.82 Å². The first-order valence-corrected chi connectivity index (χ1v) is 6.24. The van der Waals surface area contributed by atoms with Crippen molar-refractivity contribution < 1.29 is 4.74 Å². The average Bonchev–Trinajstić information content (AvgIpc) is 2.78. The summed E-state index contributed by atoms with van der Waals surface area (Å²) in [5.41, 5.74) is 2.20. The summed E-state index contributed by atoms with van der Waals surface area (Å²) in [6, 6.07) is 0.523. The van der Waals surface area contributed by atoms with Crippen LogP contribution in [0.5, 0.6) is 0 Å². The zero-order valence-corrected chi connectivity index (χ0v) is 10.1. The lowest BCUT2D eigenvalue weighted by atomic mass is 10.1. The largest absolute Gasteiger partial charge is 0.370 e. The van der Waals surface area contributed by atoms with Gasteiger partial charge in [-0.3, -0.25) is 0 Å². The molecule has 3 heterocycles. The predicted molar refractivity (Wildman–Crippen MR) is 64.8 cm³/mol. The van der Waals surface area contributed by atoms with E-state index >= 15 is 0 Å². The van der Waals surface area contributed by atoms with Gasteiger partial charge in [-0.1, -0.05) is 0 Å². The molecule has 0 spiro atoms. The Kier molecular flexibility index (Phi) is 2.94. The fraction of sp³-hybridized carbons (Fsp3) is 0.667. The average molecular weight is 234 g/mol. The molecule has 17 heavy (non-hydrogen) atoms. The first-order chi connectivity index (χ1) is 8.33. The first-order valence-electron chi connectivity index (χ1n) is 6.24. The van der Waals surface area contributed by atoms with Crippen molar-refractivity contribution in [3.05, 3.63) is 17.1 Å². The van der Waals surface area contributed by atoms with Gasteiger partial charge in [0.2, 0.25) is 0 Å². The molecule has 2 aliphatic heterocycles. The Bertz CT molecular complexity index is 415. The van der Waals surface area contributed by atoms with Crippen LogP contribution in [-0.4, -0.2) is 29.1 Å². The van der Waals surface area contributed by atoms with Crippen LogP contribution in [0.25, 0.3) is 0 Å². The second-order valence-electron chi connectivity index (χ2n) is 4.71. The maximum absolute atomic E-state index is 5.44. The molecule has 1 aromatic rings. The number of aromatic nitrogens is 2. The number of hydrogen-bond acceptors (Lipinski definition) is 5. The number of anilines is 1. The number of aryl methyl sites for hydroxylation is 1. The Hall–Kier alpha value is -1.20. The van der Waals surface area contributed by atoms with Crippen molar-refractivity contribution in [1.82, 2.24) is 15.3 Å². The van der Waals surface area contributed by atoms with Crippen molar-refractivity contribution in [3.8, 4) is 0 Å². The lowest BCUT2D eigenvalue weighted by Gasteiger charge is -2.25. The third kappa shape index (κ3) is 2.25. The number of rotatable bonds is 2. The molecule has 5 heteroatoms. The normalized spacial score (nSPS) is 20.3. The van der Waals surface area contributed by atoms with E-state index in [1.807, 2.05) is 6.92 Å². The van der Waals surface area contributed by atoms with Crippen LogP contribution in [0.1, 0.15) is 29.9 Å². The highest BCUT2D eigenvalue weighted by atomic mass is 16.5. The SMILES string of the molecule is Cc1nc2c(c(NC3CCNCC3)n1)COC2. The summed E-state index contributed by atoms with van der Waals surface area (Å²) in [5, 5.41) is 6.92. The van der Waals surface area contributed by atoms with Gasteiger partial charge in [-0.25, -0.2) is 9.97 Å². The summed E-state index contributed by atoms with van der Waals surface area (Å²) in [7, 11) is 0. The molecule has 1 aromatic heterocycles. The van der Waals surface area contributed by atoms with E-state index in [9.17, 15) is 0 Å². The van der Waals surface area contributed by atoms with Crippen molar-refractivity contribution in [1.29, 1.82) is 0 Å². The smallest absolute Gasteiger partial charge is 0.135 e. The molecule has 0 amide bonds. The molecule has 0 aromatic carbocycles. The molecule has 2 N–H and O–H groups in total. The highest BCUT2D eigenvalue weighted by molar-refractivity contribution is 5.48. The Morgan fingerprint density at radius 1 is 1.24 bits per heavy atom. The summed E-state index contributed by atoms with van der Waals surface area (Å²) in [5.74, 6) is 1.81. The molecule has 0 bridgehead atoms. The highest BCUT2D eigenvalue weighted by Gasteiger charge is 2.21. The minimum atomic E-state index is 0.523. The van der Waals surface area contributed by atoms with E-state index in [2.05, 4.69) is 20.6 Å². The van der Waals surface area contributed by atoms with Crippen molar-refractivity contribution in [3.63, 3.8) is 0 Å². The number of ether oxygens (including phenoxy) is 1. The van der Waals surface area contributed by atoms with E-state index in [4.69, 9.17) is 4.74 Å². The minimum Gasteiger partial charge on any atom is -0.370 e. The van der Waals surface area contributed by atoms with E-state index in [0.29, 0.717) is 19.3 Å². The Labute approximate surface area is 101 Å². The van der Waals surface area contributed by atoms with Gasteiger partial charge in [0, 0.05) is 11.6 Å². The molecular weight excluding hydrogens is 216 g/mol. The molecule has 0 unspecified atom stereocenters. The van der Waals surface area contributed by atoms with Crippen LogP contribution >= 0.6 is 0 Å². The van der Waals surface area contributed by atoms with Crippen LogP contribution in [0.15, 0.2) is 0 Å². The summed E-state index contributed by atoms with van der Waals surface area (Å²) in [4.78, 5) is 8.94. The van der Waals surface area contributed by atoms with E-state index < -0.39 is 0 Å². The van der Waals surface area contributed by atoms with Crippen molar-refractivity contribution >= 4 is 5.82 Å². The van der Waals surface area contributed by atoms with Crippen LogP contribution in [0, 0.1) is 6.92 Å². The summed E-state index contributed by atoms with van der Waals surface area (Å²) < 4.78 is 5.44. The number of fused-ring (bicyclic) bond motifs is 1. The van der Waals surface area contributed by atoms with Gasteiger partial charge >= 0.3 is 0 Å². The third-order valence-corrected chi connectivity index (χ3v) is 3.37. The lowest BCUT2D eigenvalue weighted by molar-refractivity contribution is 0.133. The summed E-state index contributed by atoms with van der Waals surface area (Å²) in [6.07, 6.45) is 2.30. The number of hydrogen-bond donors (Lipinski definition) is 2. The quantitative estimate of drug-likeness (QED) is 0.799. The van der Waals surface area contributed by atoms with Crippen molar-refractivity contribution in [2.75, 3.05) is 18.4 Å². The molecule has 5 nitrogen and oxygen atoms in total. The van der Waals surface area contributed by atoms with E-state index in [1.165, 1.54) is 0 Å². The van der Waals surface area contributed by atoms with Crippen molar-refractivity contribution in [2.45, 2.75) is 39.0 Å². The molecule has 92 valence electrons. The maximum Gasteiger partial charge on any atom is 0.135 e. The second-order valence-corrected chi connectivity index (χ2v) is 4.71. The molecule has 2 aliphatic rings. The number of nitrogens with zero attached hydrogens (tertiary/aromatic N) is 2. The van der Waals surface area contributed by atoms with Gasteiger partial charge in [0.05, 0.1) is 18.9 Å². The zero-order chi connectivity index (χ0) is 11.7. The molecule has 3 rings (SSSR count). The predicted octanol–water partition coefficient (Wildman–Crippen LogP) is 0.979. The molecule has 0 aliphatic carbocycles. The Balaban J connectivity index is 1.82. The monoisotopic (exact) mass is 234 g/mol. The minimum absolute atomic E-state index is 0.523. The molecule has 0 saturated carbocycles. The molecule has 1 fully saturated rings. The molecule has 1 saturated heterocycles. The second kappa shape index (κ2) is 4.58. The van der Waals surface area contributed by atoms with Gasteiger partial charge in [0.25, 0.3) is 0 Å². The fourth-order valence-corrected chi connectivity index (χ4v) is 2.45. The van der Waals surface area contributed by atoms with E-state index in [0.717, 1.165) is 48.8 Å². The highest BCUT2D eigenvalue weighted by Crippen LogP contribution is 2.25. The standard InChI is InChI=1S/C12H18N4O/c1-8-14-11-7-17-6-10(11)12(15-8)16-9-2-4-13-5-3-9/h9,13H,2-7H2,1H3,(H,14,15,16). The van der Waals surface area contributed by atoms with Gasteiger partial charge in [0.15, 0.2) is 0 Å². The van der Waals surface area contributed by atoms with Crippen molar-refractivity contribution in [2.24, 2.45) is 0 Å². The fourth-order valence-electron chi connectivity index (χ4n) is 2.45. The number of nitrogens with one attached hydrogen (secondary N) is 2.